The second-order valence-corrected chi connectivity index (χ2v) is 6.16. The Labute approximate surface area is 134 Å². The summed E-state index contributed by atoms with van der Waals surface area (Å²) in [5, 5.41) is 3.51. The van der Waals surface area contributed by atoms with Gasteiger partial charge in [-0.3, -0.25) is 4.79 Å². The molecular formula is C16H22BrNO3. The fraction of sp³-hybridized carbons (Fsp3) is 0.562. The third kappa shape index (κ3) is 4.37. The van der Waals surface area contributed by atoms with Crippen molar-refractivity contribution in [1.29, 1.82) is 0 Å². The van der Waals surface area contributed by atoms with Crippen LogP contribution in [0.25, 0.3) is 0 Å². The van der Waals surface area contributed by atoms with Crippen LogP contribution < -0.4 is 10.1 Å². The van der Waals surface area contributed by atoms with Gasteiger partial charge in [-0.05, 0) is 60.3 Å². The molecule has 1 fully saturated rings. The maximum absolute atomic E-state index is 11.9. The van der Waals surface area contributed by atoms with Crippen molar-refractivity contribution < 1.29 is 14.3 Å². The molecule has 4 nitrogen and oxygen atoms in total. The van der Waals surface area contributed by atoms with Crippen molar-refractivity contribution >= 4 is 27.6 Å². The first kappa shape index (κ1) is 16.1. The highest BCUT2D eigenvalue weighted by Crippen LogP contribution is 2.31. The molecule has 0 aliphatic heterocycles. The number of ether oxygens (including phenoxy) is 2. The molecule has 116 valence electrons. The van der Waals surface area contributed by atoms with E-state index in [2.05, 4.69) is 21.2 Å². The summed E-state index contributed by atoms with van der Waals surface area (Å²) in [5.74, 6) is 0.784. The summed E-state index contributed by atoms with van der Waals surface area (Å²) in [4.78, 5) is 11.9. The van der Waals surface area contributed by atoms with Crippen molar-refractivity contribution in [3.05, 3.63) is 22.7 Å². The second kappa shape index (κ2) is 7.69. The molecule has 0 aromatic heterocycles. The van der Waals surface area contributed by atoms with Crippen LogP contribution >= 0.6 is 15.9 Å². The number of nitrogens with one attached hydrogen (secondary N) is 1. The van der Waals surface area contributed by atoms with Crippen LogP contribution in [0, 0.1) is 5.92 Å². The normalized spacial score (nSPS) is 21.7. The quantitative estimate of drug-likeness (QED) is 0.811. The summed E-state index contributed by atoms with van der Waals surface area (Å²) in [6.45, 7) is 2.31. The molecule has 1 aliphatic carbocycles. The Balaban J connectivity index is 1.96. The minimum absolute atomic E-state index is 0.0258. The number of carbonyl (C=O) groups excluding carboxylic acids is 1. The highest BCUT2D eigenvalue weighted by molar-refractivity contribution is 9.10. The van der Waals surface area contributed by atoms with Crippen LogP contribution in [-0.2, 0) is 9.53 Å². The molecule has 1 saturated carbocycles. The molecule has 0 saturated heterocycles. The van der Waals surface area contributed by atoms with Gasteiger partial charge < -0.3 is 14.8 Å². The number of benzene rings is 1. The van der Waals surface area contributed by atoms with Gasteiger partial charge in [0.05, 0.1) is 24.1 Å². The van der Waals surface area contributed by atoms with Crippen molar-refractivity contribution in [2.75, 3.05) is 19.0 Å². The molecule has 0 heterocycles. The molecule has 0 bridgehead atoms. The largest absolute Gasteiger partial charge is 0.496 e. The second-order valence-electron chi connectivity index (χ2n) is 5.31. The SMILES string of the molecule is CCOC(=O)C1CCCC(Nc2ccc(OC)c(Br)c2)C1. The van der Waals surface area contributed by atoms with Crippen LogP contribution in [0.2, 0.25) is 0 Å². The zero-order chi connectivity index (χ0) is 15.2. The Morgan fingerprint density at radius 1 is 1.43 bits per heavy atom. The molecule has 0 amide bonds. The van der Waals surface area contributed by atoms with Crippen molar-refractivity contribution in [1.82, 2.24) is 0 Å². The fourth-order valence-electron chi connectivity index (χ4n) is 2.79. The number of hydrogen-bond donors (Lipinski definition) is 1. The van der Waals surface area contributed by atoms with Crippen molar-refractivity contribution in [2.45, 2.75) is 38.6 Å². The maximum Gasteiger partial charge on any atom is 0.308 e. The summed E-state index contributed by atoms with van der Waals surface area (Å²) in [6.07, 6.45) is 3.91. The monoisotopic (exact) mass is 355 g/mol. The number of anilines is 1. The first-order valence-electron chi connectivity index (χ1n) is 7.40. The topological polar surface area (TPSA) is 47.6 Å². The average molecular weight is 356 g/mol. The standard InChI is InChI=1S/C16H22BrNO3/c1-3-21-16(19)11-5-4-6-12(9-11)18-13-7-8-15(20-2)14(17)10-13/h7-8,10-12,18H,3-6,9H2,1-2H3. The average Bonchev–Trinajstić information content (AvgIpc) is 2.48. The highest BCUT2D eigenvalue weighted by Gasteiger charge is 2.28. The van der Waals surface area contributed by atoms with Gasteiger partial charge in [-0.25, -0.2) is 0 Å². The fourth-order valence-corrected chi connectivity index (χ4v) is 3.33. The first-order valence-corrected chi connectivity index (χ1v) is 8.20. The van der Waals surface area contributed by atoms with Gasteiger partial charge in [0, 0.05) is 11.7 Å². The number of hydrogen-bond acceptors (Lipinski definition) is 4. The molecule has 1 aromatic carbocycles. The van der Waals surface area contributed by atoms with E-state index in [-0.39, 0.29) is 11.9 Å². The van der Waals surface area contributed by atoms with E-state index in [1.54, 1.807) is 7.11 Å². The van der Waals surface area contributed by atoms with Gasteiger partial charge in [0.1, 0.15) is 5.75 Å². The molecule has 5 heteroatoms. The van der Waals surface area contributed by atoms with Gasteiger partial charge in [0.25, 0.3) is 0 Å². The van der Waals surface area contributed by atoms with E-state index < -0.39 is 0 Å². The zero-order valence-electron chi connectivity index (χ0n) is 12.5. The van der Waals surface area contributed by atoms with Gasteiger partial charge in [0.2, 0.25) is 0 Å². The molecule has 0 radical (unpaired) electrons. The van der Waals surface area contributed by atoms with E-state index in [9.17, 15) is 4.79 Å². The molecule has 2 atom stereocenters. The molecule has 2 rings (SSSR count). The Kier molecular flexibility index (Phi) is 5.91. The smallest absolute Gasteiger partial charge is 0.308 e. The van der Waals surface area contributed by atoms with Crippen molar-refractivity contribution in [3.8, 4) is 5.75 Å². The molecule has 2 unspecified atom stereocenters. The summed E-state index contributed by atoms with van der Waals surface area (Å²) in [6, 6.07) is 6.25. The van der Waals surface area contributed by atoms with Crippen molar-refractivity contribution in [2.24, 2.45) is 5.92 Å². The Morgan fingerprint density at radius 3 is 2.90 bits per heavy atom. The lowest BCUT2D eigenvalue weighted by atomic mass is 9.85. The molecule has 1 aliphatic rings. The minimum Gasteiger partial charge on any atom is -0.496 e. The molecule has 21 heavy (non-hydrogen) atoms. The first-order chi connectivity index (χ1) is 10.1. The number of carbonyl (C=O) groups is 1. The maximum atomic E-state index is 11.9. The van der Waals surface area contributed by atoms with E-state index in [0.717, 1.165) is 41.6 Å². The Morgan fingerprint density at radius 2 is 2.24 bits per heavy atom. The number of rotatable bonds is 5. The van der Waals surface area contributed by atoms with E-state index >= 15 is 0 Å². The molecule has 0 spiro atoms. The number of halogens is 1. The predicted molar refractivity (Wildman–Crippen MR) is 86.7 cm³/mol. The van der Waals surface area contributed by atoms with Gasteiger partial charge in [0.15, 0.2) is 0 Å². The summed E-state index contributed by atoms with van der Waals surface area (Å²) < 4.78 is 11.3. The van der Waals surface area contributed by atoms with Crippen molar-refractivity contribution in [3.63, 3.8) is 0 Å². The van der Waals surface area contributed by atoms with Crippen LogP contribution in [0.3, 0.4) is 0 Å². The van der Waals surface area contributed by atoms with E-state index in [0.29, 0.717) is 12.6 Å². The number of methoxy groups -OCH3 is 1. The van der Waals surface area contributed by atoms with Gasteiger partial charge >= 0.3 is 5.97 Å². The van der Waals surface area contributed by atoms with E-state index in [1.807, 2.05) is 25.1 Å². The minimum atomic E-state index is -0.0556. The Bertz CT molecular complexity index is 492. The predicted octanol–water partition coefficient (Wildman–Crippen LogP) is 3.99. The lowest BCUT2D eigenvalue weighted by Crippen LogP contribution is -2.32. The third-order valence-electron chi connectivity index (χ3n) is 3.82. The van der Waals surface area contributed by atoms with Crippen LogP contribution in [0.4, 0.5) is 5.69 Å². The molecule has 1 N–H and O–H groups in total. The number of esters is 1. The Hall–Kier alpha value is -1.23. The van der Waals surface area contributed by atoms with Crippen LogP contribution in [-0.4, -0.2) is 25.7 Å². The van der Waals surface area contributed by atoms with Crippen LogP contribution in [0.5, 0.6) is 5.75 Å². The third-order valence-corrected chi connectivity index (χ3v) is 4.44. The molecular weight excluding hydrogens is 334 g/mol. The van der Waals surface area contributed by atoms with Gasteiger partial charge in [-0.1, -0.05) is 6.42 Å². The van der Waals surface area contributed by atoms with Crippen LogP contribution in [0.1, 0.15) is 32.6 Å². The summed E-state index contributed by atoms with van der Waals surface area (Å²) in [5.41, 5.74) is 1.04. The lowest BCUT2D eigenvalue weighted by molar-refractivity contribution is -0.149. The lowest BCUT2D eigenvalue weighted by Gasteiger charge is -2.29. The van der Waals surface area contributed by atoms with Crippen LogP contribution in [0.15, 0.2) is 22.7 Å². The van der Waals surface area contributed by atoms with E-state index in [4.69, 9.17) is 9.47 Å². The van der Waals surface area contributed by atoms with Gasteiger partial charge in [-0.15, -0.1) is 0 Å². The summed E-state index contributed by atoms with van der Waals surface area (Å²) >= 11 is 3.49. The summed E-state index contributed by atoms with van der Waals surface area (Å²) in [7, 11) is 1.65. The zero-order valence-corrected chi connectivity index (χ0v) is 14.1. The van der Waals surface area contributed by atoms with E-state index in [1.165, 1.54) is 0 Å². The molecule has 1 aromatic rings. The highest BCUT2D eigenvalue weighted by atomic mass is 79.9. The van der Waals surface area contributed by atoms with Gasteiger partial charge in [-0.2, -0.15) is 0 Å².